The number of carbonyl (C=O) groups excluding carboxylic acids is 2. The molecule has 1 aromatic heterocycles. The van der Waals surface area contributed by atoms with Crippen molar-refractivity contribution in [2.24, 2.45) is 50.7 Å². The summed E-state index contributed by atoms with van der Waals surface area (Å²) in [6.07, 6.45) is 10.4. The van der Waals surface area contributed by atoms with Gasteiger partial charge in [0, 0.05) is 23.3 Å². The van der Waals surface area contributed by atoms with Crippen LogP contribution in [0, 0.1) is 50.7 Å². The van der Waals surface area contributed by atoms with Crippen LogP contribution < -0.4 is 0 Å². The number of nitrogens with zero attached hydrogens (tertiary/aromatic N) is 1. The van der Waals surface area contributed by atoms with Crippen molar-refractivity contribution in [3.05, 3.63) is 17.5 Å². The smallest absolute Gasteiger partial charge is 0.312 e. The molecule has 1 heterocycles. The van der Waals surface area contributed by atoms with Gasteiger partial charge in [0.25, 0.3) is 0 Å². The van der Waals surface area contributed by atoms with Crippen LogP contribution >= 0.6 is 0 Å². The molecular formula is C32H47NO4. The van der Waals surface area contributed by atoms with Gasteiger partial charge < -0.3 is 9.26 Å². The summed E-state index contributed by atoms with van der Waals surface area (Å²) in [6, 6.07) is 0. The topological polar surface area (TPSA) is 69.4 Å². The molecule has 4 fully saturated rings. The molecule has 0 radical (unpaired) electrons. The Labute approximate surface area is 222 Å². The van der Waals surface area contributed by atoms with E-state index in [1.165, 1.54) is 12.7 Å². The Balaban J connectivity index is 1.46. The zero-order valence-electron chi connectivity index (χ0n) is 24.3. The van der Waals surface area contributed by atoms with Crippen molar-refractivity contribution < 1.29 is 18.8 Å². The number of hydrogen-bond donors (Lipinski definition) is 0. The standard InChI is InChI=1S/C32H47NO4/c1-27(2)11-13-32(26(35)36-8)14-12-31(7)24(20(32)17-27)21(34)15-23-29(5)16-19-18-33-37-25(19)28(3,4)22(29)9-10-30(23,31)6/h18,20,22-24H,9-17H2,1-8H3/t20?,22-,23+,24?,29-,30+,31+,32-/m0/s1. The molecule has 0 spiro atoms. The van der Waals surface area contributed by atoms with Gasteiger partial charge in [-0.15, -0.1) is 0 Å². The predicted molar refractivity (Wildman–Crippen MR) is 142 cm³/mol. The summed E-state index contributed by atoms with van der Waals surface area (Å²) >= 11 is 0. The second kappa shape index (κ2) is 7.50. The number of fused-ring (bicyclic) bond motifs is 8. The Bertz CT molecular complexity index is 1150. The van der Waals surface area contributed by atoms with Crippen LogP contribution in [0.5, 0.6) is 0 Å². The van der Waals surface area contributed by atoms with E-state index in [0.717, 1.165) is 57.1 Å². The summed E-state index contributed by atoms with van der Waals surface area (Å²) in [6.45, 7) is 16.7. The van der Waals surface area contributed by atoms with E-state index in [1.54, 1.807) is 0 Å². The van der Waals surface area contributed by atoms with Crippen molar-refractivity contribution >= 4 is 11.8 Å². The number of aromatic nitrogens is 1. The first-order valence-corrected chi connectivity index (χ1v) is 14.7. The van der Waals surface area contributed by atoms with Crippen LogP contribution in [0.2, 0.25) is 0 Å². The van der Waals surface area contributed by atoms with Crippen molar-refractivity contribution in [1.29, 1.82) is 0 Å². The van der Waals surface area contributed by atoms with Crippen molar-refractivity contribution in [2.45, 2.75) is 112 Å². The van der Waals surface area contributed by atoms with Crippen molar-refractivity contribution in [3.63, 3.8) is 0 Å². The molecule has 37 heavy (non-hydrogen) atoms. The number of ether oxygens (including phenoxy) is 1. The maximum absolute atomic E-state index is 14.5. The number of methoxy groups -OCH3 is 1. The largest absolute Gasteiger partial charge is 0.469 e. The van der Waals surface area contributed by atoms with Crippen LogP contribution in [0.25, 0.3) is 0 Å². The molecule has 4 saturated carbocycles. The summed E-state index contributed by atoms with van der Waals surface area (Å²) in [5, 5.41) is 4.21. The summed E-state index contributed by atoms with van der Waals surface area (Å²) in [5.41, 5.74) is 0.720. The van der Waals surface area contributed by atoms with Gasteiger partial charge in [-0.05, 0) is 90.8 Å². The molecular weight excluding hydrogens is 462 g/mol. The van der Waals surface area contributed by atoms with Gasteiger partial charge in [0.2, 0.25) is 0 Å². The first-order chi connectivity index (χ1) is 17.2. The van der Waals surface area contributed by atoms with Gasteiger partial charge in [0.05, 0.1) is 18.7 Å². The van der Waals surface area contributed by atoms with E-state index in [-0.39, 0.29) is 44.9 Å². The fourth-order valence-electron chi connectivity index (χ4n) is 11.6. The van der Waals surface area contributed by atoms with Crippen LogP contribution in [0.4, 0.5) is 0 Å². The number of esters is 1. The van der Waals surface area contributed by atoms with Crippen LogP contribution in [0.1, 0.15) is 111 Å². The molecule has 8 atom stereocenters. The van der Waals surface area contributed by atoms with Gasteiger partial charge in [-0.1, -0.05) is 53.6 Å². The normalized spacial score (nSPS) is 47.5. The van der Waals surface area contributed by atoms with E-state index in [0.29, 0.717) is 24.0 Å². The maximum Gasteiger partial charge on any atom is 0.312 e. The Morgan fingerprint density at radius 2 is 1.68 bits per heavy atom. The number of ketones is 1. The van der Waals surface area contributed by atoms with Crippen LogP contribution in [-0.4, -0.2) is 24.0 Å². The molecule has 5 aliphatic rings. The van der Waals surface area contributed by atoms with Gasteiger partial charge in [-0.3, -0.25) is 9.59 Å². The highest BCUT2D eigenvalue weighted by Gasteiger charge is 2.73. The van der Waals surface area contributed by atoms with Crippen molar-refractivity contribution in [3.8, 4) is 0 Å². The zero-order chi connectivity index (χ0) is 26.8. The average Bonchev–Trinajstić information content (AvgIpc) is 3.28. The highest BCUT2D eigenvalue weighted by Crippen LogP contribution is 2.76. The fraction of sp³-hybridized carbons (Fsp3) is 0.844. The molecule has 0 aliphatic heterocycles. The molecule has 0 aromatic carbocycles. The van der Waals surface area contributed by atoms with Crippen LogP contribution in [-0.2, 0) is 26.2 Å². The number of carbonyl (C=O) groups is 2. The second-order valence-corrected chi connectivity index (χ2v) is 15.8. The lowest BCUT2D eigenvalue weighted by Gasteiger charge is -2.72. The number of hydrogen-bond acceptors (Lipinski definition) is 5. The Kier molecular flexibility index (Phi) is 5.20. The lowest BCUT2D eigenvalue weighted by molar-refractivity contribution is -0.231. The summed E-state index contributed by atoms with van der Waals surface area (Å²) < 4.78 is 11.3. The van der Waals surface area contributed by atoms with Gasteiger partial charge >= 0.3 is 5.97 Å². The summed E-state index contributed by atoms with van der Waals surface area (Å²) in [4.78, 5) is 28.0. The minimum absolute atomic E-state index is 0.0153. The predicted octanol–water partition coefficient (Wildman–Crippen LogP) is 6.92. The second-order valence-electron chi connectivity index (χ2n) is 15.8. The van der Waals surface area contributed by atoms with E-state index in [1.807, 2.05) is 6.20 Å². The van der Waals surface area contributed by atoms with Crippen molar-refractivity contribution in [2.75, 3.05) is 7.11 Å². The van der Waals surface area contributed by atoms with E-state index in [2.05, 4.69) is 53.6 Å². The van der Waals surface area contributed by atoms with Gasteiger partial charge in [0.15, 0.2) is 0 Å². The van der Waals surface area contributed by atoms with E-state index in [4.69, 9.17) is 9.26 Å². The highest BCUT2D eigenvalue weighted by atomic mass is 16.5. The first kappa shape index (κ1) is 25.6. The molecule has 0 N–H and O–H groups in total. The third-order valence-corrected chi connectivity index (χ3v) is 13.5. The lowest BCUT2D eigenvalue weighted by Crippen LogP contribution is -2.69. The quantitative estimate of drug-likeness (QED) is 0.384. The molecule has 0 bridgehead atoms. The maximum atomic E-state index is 14.5. The highest BCUT2D eigenvalue weighted by molar-refractivity contribution is 5.86. The molecule has 0 saturated heterocycles. The molecule has 5 aliphatic carbocycles. The monoisotopic (exact) mass is 509 g/mol. The van der Waals surface area contributed by atoms with E-state index < -0.39 is 5.41 Å². The number of rotatable bonds is 1. The number of Topliss-reactive ketones (excluding diaryl/α,β-unsaturated/α-hetero) is 1. The van der Waals surface area contributed by atoms with Crippen LogP contribution in [0.15, 0.2) is 10.7 Å². The molecule has 2 unspecified atom stereocenters. The van der Waals surface area contributed by atoms with Gasteiger partial charge in [0.1, 0.15) is 11.5 Å². The van der Waals surface area contributed by atoms with Crippen LogP contribution in [0.3, 0.4) is 0 Å². The summed E-state index contributed by atoms with van der Waals surface area (Å²) in [7, 11) is 1.54. The average molecular weight is 510 g/mol. The molecule has 5 nitrogen and oxygen atoms in total. The molecule has 1 aromatic rings. The van der Waals surface area contributed by atoms with E-state index >= 15 is 0 Å². The molecule has 0 amide bonds. The fourth-order valence-corrected chi connectivity index (χ4v) is 11.6. The Morgan fingerprint density at radius 1 is 0.973 bits per heavy atom. The zero-order valence-corrected chi connectivity index (χ0v) is 24.3. The molecule has 5 heteroatoms. The first-order valence-electron chi connectivity index (χ1n) is 14.7. The Morgan fingerprint density at radius 3 is 2.38 bits per heavy atom. The summed E-state index contributed by atoms with van der Waals surface area (Å²) in [5.74, 6) is 2.18. The SMILES string of the molecule is COC(=O)[C@]12CCC(C)(C)CC1C1C(=O)C[C@@H]3[C@@]4(C)Cc5cnoc5C(C)(C)[C@@H]4CC[C@@]3(C)[C@]1(C)CC2. The molecule has 204 valence electrons. The van der Waals surface area contributed by atoms with Gasteiger partial charge in [-0.25, -0.2) is 0 Å². The Hall–Kier alpha value is -1.65. The van der Waals surface area contributed by atoms with E-state index in [9.17, 15) is 9.59 Å². The van der Waals surface area contributed by atoms with Crippen molar-refractivity contribution in [1.82, 2.24) is 5.16 Å². The lowest BCUT2D eigenvalue weighted by atomic mass is 9.31. The minimum Gasteiger partial charge on any atom is -0.469 e. The minimum atomic E-state index is -0.501. The molecule has 6 rings (SSSR count). The third-order valence-electron chi connectivity index (χ3n) is 13.5. The van der Waals surface area contributed by atoms with Gasteiger partial charge in [-0.2, -0.15) is 0 Å². The third kappa shape index (κ3) is 3.01.